The summed E-state index contributed by atoms with van der Waals surface area (Å²) in [6.07, 6.45) is 0. The maximum absolute atomic E-state index is 10.7. The highest BCUT2D eigenvalue weighted by Crippen LogP contribution is 2.25. The molecule has 92 valence electrons. The Morgan fingerprint density at radius 1 is 1.17 bits per heavy atom. The lowest BCUT2D eigenvalue weighted by atomic mass is 10.2. The van der Waals surface area contributed by atoms with E-state index in [4.69, 9.17) is 28.3 Å². The van der Waals surface area contributed by atoms with Gasteiger partial charge in [0.05, 0.1) is 11.3 Å². The molecule has 2 N–H and O–H groups in total. The number of halogens is 2. The van der Waals surface area contributed by atoms with E-state index in [0.717, 1.165) is 0 Å². The fourth-order valence-corrected chi connectivity index (χ4v) is 1.58. The van der Waals surface area contributed by atoms with Crippen LogP contribution in [0.5, 0.6) is 0 Å². The molecule has 0 unspecified atom stereocenters. The summed E-state index contributed by atoms with van der Waals surface area (Å²) >= 11 is 11.5. The van der Waals surface area contributed by atoms with E-state index in [2.05, 4.69) is 15.5 Å². The molecule has 0 atom stereocenters. The maximum atomic E-state index is 10.7. The normalized spacial score (nSPS) is 10.1. The molecule has 0 saturated heterocycles. The molecule has 0 saturated carbocycles. The van der Waals surface area contributed by atoms with Gasteiger partial charge in [0.15, 0.2) is 10.3 Å². The van der Waals surface area contributed by atoms with Crippen LogP contribution in [0.25, 0.3) is 0 Å². The Balaban J connectivity index is 2.23. The summed E-state index contributed by atoms with van der Waals surface area (Å²) < 4.78 is 0. The minimum absolute atomic E-state index is 0.182. The van der Waals surface area contributed by atoms with Crippen LogP contribution in [0.3, 0.4) is 0 Å². The number of aromatic carboxylic acids is 1. The van der Waals surface area contributed by atoms with Gasteiger partial charge in [-0.2, -0.15) is 0 Å². The van der Waals surface area contributed by atoms with Gasteiger partial charge in [0, 0.05) is 11.8 Å². The fraction of sp³-hybridized carbons (Fsp3) is 0. The van der Waals surface area contributed by atoms with Crippen molar-refractivity contribution in [1.82, 2.24) is 10.2 Å². The van der Waals surface area contributed by atoms with Crippen LogP contribution in [0.1, 0.15) is 10.4 Å². The first-order valence-corrected chi connectivity index (χ1v) is 5.61. The van der Waals surface area contributed by atoms with Gasteiger partial charge in [-0.1, -0.05) is 23.2 Å². The number of nitrogens with one attached hydrogen (secondary N) is 1. The summed E-state index contributed by atoms with van der Waals surface area (Å²) in [5.41, 5.74) is 1.38. The number of anilines is 2. The molecule has 1 aromatic heterocycles. The summed E-state index contributed by atoms with van der Waals surface area (Å²) in [5, 5.41) is 19.4. The van der Waals surface area contributed by atoms with Crippen LogP contribution in [0.15, 0.2) is 30.3 Å². The second-order valence-electron chi connectivity index (χ2n) is 3.38. The minimum atomic E-state index is -0.979. The summed E-state index contributed by atoms with van der Waals surface area (Å²) in [6, 6.07) is 7.73. The Kier molecular flexibility index (Phi) is 3.64. The zero-order valence-electron chi connectivity index (χ0n) is 8.89. The molecule has 5 nitrogen and oxygen atoms in total. The Morgan fingerprint density at radius 3 is 2.44 bits per heavy atom. The second-order valence-corrected chi connectivity index (χ2v) is 4.12. The molecule has 2 aromatic rings. The number of carboxylic acid groups (broad SMARTS) is 1. The van der Waals surface area contributed by atoms with Crippen molar-refractivity contribution in [2.75, 3.05) is 5.32 Å². The van der Waals surface area contributed by atoms with Crippen molar-refractivity contribution in [2.24, 2.45) is 0 Å². The van der Waals surface area contributed by atoms with Crippen molar-refractivity contribution >= 4 is 40.5 Å². The summed E-state index contributed by atoms with van der Waals surface area (Å²) in [5.74, 6) is -0.979. The molecule has 0 radical (unpaired) electrons. The SMILES string of the molecule is O=C(O)c1ccc(Nc2cc(Cl)nnc2Cl)cc1. The Hall–Kier alpha value is -1.85. The molecule has 0 aliphatic carbocycles. The predicted octanol–water partition coefficient (Wildman–Crippen LogP) is 3.23. The highest BCUT2D eigenvalue weighted by atomic mass is 35.5. The predicted molar refractivity (Wildman–Crippen MR) is 68.7 cm³/mol. The Bertz CT molecular complexity index is 587. The number of hydrogen-bond donors (Lipinski definition) is 2. The standard InChI is InChI=1S/C11H7Cl2N3O2/c12-9-5-8(10(13)16-15-9)14-7-3-1-6(2-4-7)11(17)18/h1-5H,(H,14,15)(H,17,18). The van der Waals surface area contributed by atoms with Gasteiger partial charge < -0.3 is 10.4 Å². The number of aromatic nitrogens is 2. The molecular weight excluding hydrogens is 277 g/mol. The van der Waals surface area contributed by atoms with Crippen LogP contribution in [-0.2, 0) is 0 Å². The van der Waals surface area contributed by atoms with Gasteiger partial charge in [-0.15, -0.1) is 10.2 Å². The quantitative estimate of drug-likeness (QED) is 0.905. The van der Waals surface area contributed by atoms with E-state index in [9.17, 15) is 4.79 Å². The molecule has 2 rings (SSSR count). The minimum Gasteiger partial charge on any atom is -0.478 e. The first-order valence-electron chi connectivity index (χ1n) is 4.85. The lowest BCUT2D eigenvalue weighted by Crippen LogP contribution is -1.98. The molecular formula is C11H7Cl2N3O2. The van der Waals surface area contributed by atoms with Gasteiger partial charge >= 0.3 is 5.97 Å². The summed E-state index contributed by atoms with van der Waals surface area (Å²) in [7, 11) is 0. The van der Waals surface area contributed by atoms with Crippen LogP contribution in [0.2, 0.25) is 10.3 Å². The zero-order valence-corrected chi connectivity index (χ0v) is 10.4. The number of rotatable bonds is 3. The van der Waals surface area contributed by atoms with Crippen molar-refractivity contribution in [1.29, 1.82) is 0 Å². The van der Waals surface area contributed by atoms with Crippen molar-refractivity contribution in [3.05, 3.63) is 46.2 Å². The number of carboxylic acids is 1. The third-order valence-electron chi connectivity index (χ3n) is 2.13. The second kappa shape index (κ2) is 5.20. The van der Waals surface area contributed by atoms with E-state index in [1.165, 1.54) is 18.2 Å². The first-order chi connectivity index (χ1) is 8.56. The number of hydrogen-bond acceptors (Lipinski definition) is 4. The average molecular weight is 284 g/mol. The zero-order chi connectivity index (χ0) is 13.1. The molecule has 18 heavy (non-hydrogen) atoms. The molecule has 1 heterocycles. The maximum Gasteiger partial charge on any atom is 0.335 e. The lowest BCUT2D eigenvalue weighted by molar-refractivity contribution is 0.0697. The van der Waals surface area contributed by atoms with E-state index in [1.54, 1.807) is 12.1 Å². The summed E-state index contributed by atoms with van der Waals surface area (Å²) in [6.45, 7) is 0. The number of nitrogens with zero attached hydrogens (tertiary/aromatic N) is 2. The van der Waals surface area contributed by atoms with Gasteiger partial charge in [0.2, 0.25) is 0 Å². The van der Waals surface area contributed by atoms with E-state index in [0.29, 0.717) is 11.4 Å². The van der Waals surface area contributed by atoms with E-state index >= 15 is 0 Å². The highest BCUT2D eigenvalue weighted by Gasteiger charge is 2.06. The van der Waals surface area contributed by atoms with Crippen molar-refractivity contribution in [3.63, 3.8) is 0 Å². The van der Waals surface area contributed by atoms with Crippen LogP contribution in [0.4, 0.5) is 11.4 Å². The van der Waals surface area contributed by atoms with Crippen molar-refractivity contribution in [2.45, 2.75) is 0 Å². The monoisotopic (exact) mass is 283 g/mol. The van der Waals surface area contributed by atoms with Crippen LogP contribution in [-0.4, -0.2) is 21.3 Å². The van der Waals surface area contributed by atoms with Crippen LogP contribution in [0, 0.1) is 0 Å². The van der Waals surface area contributed by atoms with E-state index in [-0.39, 0.29) is 15.9 Å². The van der Waals surface area contributed by atoms with Gasteiger partial charge in [-0.05, 0) is 24.3 Å². The summed E-state index contributed by atoms with van der Waals surface area (Å²) in [4.78, 5) is 10.7. The molecule has 0 fully saturated rings. The molecule has 0 bridgehead atoms. The average Bonchev–Trinajstić information content (AvgIpc) is 2.34. The van der Waals surface area contributed by atoms with Gasteiger partial charge in [-0.3, -0.25) is 0 Å². The number of benzene rings is 1. The molecule has 0 aliphatic rings. The van der Waals surface area contributed by atoms with Gasteiger partial charge in [0.1, 0.15) is 0 Å². The molecule has 0 spiro atoms. The van der Waals surface area contributed by atoms with Crippen LogP contribution >= 0.6 is 23.2 Å². The lowest BCUT2D eigenvalue weighted by Gasteiger charge is -2.07. The Morgan fingerprint density at radius 2 is 1.83 bits per heavy atom. The fourth-order valence-electron chi connectivity index (χ4n) is 1.29. The third kappa shape index (κ3) is 2.88. The Labute approximate surface area is 112 Å². The molecule has 1 aromatic carbocycles. The first kappa shape index (κ1) is 12.6. The van der Waals surface area contributed by atoms with Crippen molar-refractivity contribution in [3.8, 4) is 0 Å². The molecule has 0 amide bonds. The third-order valence-corrected chi connectivity index (χ3v) is 2.59. The highest BCUT2D eigenvalue weighted by molar-refractivity contribution is 6.33. The van der Waals surface area contributed by atoms with Crippen molar-refractivity contribution < 1.29 is 9.90 Å². The topological polar surface area (TPSA) is 75.1 Å². The molecule has 7 heteroatoms. The van der Waals surface area contributed by atoms with E-state index < -0.39 is 5.97 Å². The number of carbonyl (C=O) groups is 1. The molecule has 0 aliphatic heterocycles. The van der Waals surface area contributed by atoms with E-state index in [1.807, 2.05) is 0 Å². The largest absolute Gasteiger partial charge is 0.478 e. The van der Waals surface area contributed by atoms with Crippen LogP contribution < -0.4 is 5.32 Å². The van der Waals surface area contributed by atoms with Gasteiger partial charge in [-0.25, -0.2) is 4.79 Å². The smallest absolute Gasteiger partial charge is 0.335 e. The van der Waals surface area contributed by atoms with Gasteiger partial charge in [0.25, 0.3) is 0 Å².